The zero-order valence-corrected chi connectivity index (χ0v) is 17.2. The van der Waals surface area contributed by atoms with Crippen LogP contribution in [0.2, 0.25) is 0 Å². The number of carbonyl (C=O) groups excluding carboxylic acids is 1. The molecule has 3 atom stereocenters. The Bertz CT molecular complexity index is 824. The molecule has 0 spiro atoms. The number of aliphatic hydroxyl groups is 1. The summed E-state index contributed by atoms with van der Waals surface area (Å²) in [7, 11) is 0. The molecule has 5 nitrogen and oxygen atoms in total. The van der Waals surface area contributed by atoms with Crippen molar-refractivity contribution in [3.8, 4) is 0 Å². The third-order valence-electron chi connectivity index (χ3n) is 4.90. The van der Waals surface area contributed by atoms with E-state index in [0.29, 0.717) is 25.0 Å². The van der Waals surface area contributed by atoms with Gasteiger partial charge in [0, 0.05) is 42.0 Å². The molecule has 29 heavy (non-hydrogen) atoms. The maximum atomic E-state index is 13.8. The van der Waals surface area contributed by atoms with E-state index in [1.165, 1.54) is 6.07 Å². The smallest absolute Gasteiger partial charge is 0.286 e. The number of aliphatic hydroxyl groups excluding tert-OH is 1. The molecule has 1 aromatic carbocycles. The molecule has 0 saturated heterocycles. The van der Waals surface area contributed by atoms with Crippen molar-refractivity contribution in [3.63, 3.8) is 0 Å². The van der Waals surface area contributed by atoms with Crippen LogP contribution in [-0.2, 0) is 20.8 Å². The number of hydrogen-bond donors (Lipinski definition) is 2. The fraction of sp³-hybridized carbons (Fsp3) is 0.409. The second-order valence-corrected chi connectivity index (χ2v) is 7.80. The Labute approximate surface area is 174 Å². The van der Waals surface area contributed by atoms with Gasteiger partial charge in [0.05, 0.1) is 0 Å². The van der Waals surface area contributed by atoms with Crippen LogP contribution in [0.3, 0.4) is 0 Å². The third-order valence-corrected chi connectivity index (χ3v) is 5.88. The number of thiophene rings is 1. The van der Waals surface area contributed by atoms with Gasteiger partial charge in [0.1, 0.15) is 5.82 Å². The Kier molecular flexibility index (Phi) is 7.80. The number of benzene rings is 1. The molecule has 7 heteroatoms. The molecule has 0 unspecified atom stereocenters. The lowest BCUT2D eigenvalue weighted by molar-refractivity contribution is -0.166. The number of halogens is 1. The number of rotatable bonds is 9. The minimum Gasteiger partial charge on any atom is -0.459 e. The average Bonchev–Trinajstić information content (AvgIpc) is 3.26. The zero-order chi connectivity index (χ0) is 20.6. The first-order valence-electron chi connectivity index (χ1n) is 9.80. The molecule has 0 bridgehead atoms. The minimum absolute atomic E-state index is 0.0103. The highest BCUT2D eigenvalue weighted by Crippen LogP contribution is 2.40. The van der Waals surface area contributed by atoms with Crippen LogP contribution in [-0.4, -0.2) is 30.5 Å². The van der Waals surface area contributed by atoms with Crippen molar-refractivity contribution in [2.24, 2.45) is 5.92 Å². The van der Waals surface area contributed by atoms with Crippen molar-refractivity contribution in [2.45, 2.75) is 38.5 Å². The Morgan fingerprint density at radius 1 is 1.31 bits per heavy atom. The average molecular weight is 420 g/mol. The number of nitrogens with one attached hydrogen (secondary N) is 1. The summed E-state index contributed by atoms with van der Waals surface area (Å²) < 4.78 is 25.5. The molecule has 2 aromatic rings. The Balaban J connectivity index is 1.80. The van der Waals surface area contributed by atoms with Crippen molar-refractivity contribution in [1.82, 2.24) is 5.32 Å². The van der Waals surface area contributed by atoms with E-state index in [-0.39, 0.29) is 36.6 Å². The highest BCUT2D eigenvalue weighted by Gasteiger charge is 2.38. The van der Waals surface area contributed by atoms with E-state index in [1.54, 1.807) is 29.5 Å². The highest BCUT2D eigenvalue weighted by atomic mass is 32.1. The molecule has 1 aromatic heterocycles. The second kappa shape index (κ2) is 10.5. The largest absolute Gasteiger partial charge is 0.459 e. The molecule has 0 saturated carbocycles. The molecule has 0 aliphatic carbocycles. The van der Waals surface area contributed by atoms with Crippen molar-refractivity contribution in [2.75, 3.05) is 13.2 Å². The summed E-state index contributed by atoms with van der Waals surface area (Å²) in [5.74, 6) is -0.650. The van der Waals surface area contributed by atoms with E-state index >= 15 is 0 Å². The lowest BCUT2D eigenvalue weighted by atomic mass is 9.84. The molecular weight excluding hydrogens is 393 g/mol. The van der Waals surface area contributed by atoms with Crippen LogP contribution in [0.15, 0.2) is 53.6 Å². The van der Waals surface area contributed by atoms with Gasteiger partial charge in [-0.15, -0.1) is 11.3 Å². The van der Waals surface area contributed by atoms with Crippen molar-refractivity contribution in [1.29, 1.82) is 0 Å². The first-order chi connectivity index (χ1) is 14.1. The van der Waals surface area contributed by atoms with E-state index in [2.05, 4.69) is 5.32 Å². The molecule has 3 rings (SSSR count). The van der Waals surface area contributed by atoms with Gasteiger partial charge in [-0.1, -0.05) is 24.3 Å². The molecule has 2 N–H and O–H groups in total. The quantitative estimate of drug-likeness (QED) is 0.646. The Hall–Kier alpha value is -2.22. The lowest BCUT2D eigenvalue weighted by Gasteiger charge is -2.36. The van der Waals surface area contributed by atoms with Gasteiger partial charge in [-0.2, -0.15) is 0 Å². The summed E-state index contributed by atoms with van der Waals surface area (Å²) in [4.78, 5) is 13.9. The predicted molar refractivity (Wildman–Crippen MR) is 110 cm³/mol. The summed E-state index contributed by atoms with van der Waals surface area (Å²) >= 11 is 1.61. The zero-order valence-electron chi connectivity index (χ0n) is 16.3. The number of amides is 1. The standard InChI is InChI=1S/C22H26FNO4S/c1-2-27-22-16(8-5-11-25)17(20-10-6-12-29-20)13-19(28-22)21(26)24-14-15-7-3-4-9-18(15)23/h3-4,6-7,9-10,12-13,16-17,22,25H,2,5,8,11,14H2,1H3,(H,24,26)/t16-,17-,22+/m1/s1. The molecule has 2 heterocycles. The summed E-state index contributed by atoms with van der Waals surface area (Å²) in [6, 6.07) is 10.3. The van der Waals surface area contributed by atoms with E-state index < -0.39 is 12.2 Å². The van der Waals surface area contributed by atoms with Gasteiger partial charge >= 0.3 is 0 Å². The van der Waals surface area contributed by atoms with Gasteiger partial charge < -0.3 is 19.9 Å². The Morgan fingerprint density at radius 2 is 2.14 bits per heavy atom. The lowest BCUT2D eigenvalue weighted by Crippen LogP contribution is -2.38. The number of allylic oxidation sites excluding steroid dienone is 1. The maximum Gasteiger partial charge on any atom is 0.286 e. The highest BCUT2D eigenvalue weighted by molar-refractivity contribution is 7.10. The second-order valence-electron chi connectivity index (χ2n) is 6.82. The molecular formula is C22H26FNO4S. The fourth-order valence-corrected chi connectivity index (χ4v) is 4.35. The number of carbonyl (C=O) groups is 1. The molecule has 1 aliphatic heterocycles. The maximum absolute atomic E-state index is 13.8. The fourth-order valence-electron chi connectivity index (χ4n) is 3.48. The van der Waals surface area contributed by atoms with Crippen molar-refractivity contribution >= 4 is 17.2 Å². The van der Waals surface area contributed by atoms with Gasteiger partial charge in [0.15, 0.2) is 5.76 Å². The van der Waals surface area contributed by atoms with Crippen LogP contribution >= 0.6 is 11.3 Å². The van der Waals surface area contributed by atoms with Crippen molar-refractivity contribution in [3.05, 3.63) is 69.9 Å². The van der Waals surface area contributed by atoms with Crippen LogP contribution < -0.4 is 5.32 Å². The monoisotopic (exact) mass is 419 g/mol. The molecule has 0 radical (unpaired) electrons. The van der Waals surface area contributed by atoms with Gasteiger partial charge in [0.25, 0.3) is 5.91 Å². The summed E-state index contributed by atoms with van der Waals surface area (Å²) in [5, 5.41) is 14.0. The van der Waals surface area contributed by atoms with E-state index in [9.17, 15) is 14.3 Å². The van der Waals surface area contributed by atoms with Crippen LogP contribution in [0.4, 0.5) is 4.39 Å². The summed E-state index contributed by atoms with van der Waals surface area (Å²) in [5.41, 5.74) is 0.411. The van der Waals surface area contributed by atoms with Gasteiger partial charge in [-0.3, -0.25) is 4.79 Å². The summed E-state index contributed by atoms with van der Waals surface area (Å²) in [6.45, 7) is 2.49. The van der Waals surface area contributed by atoms with Crippen LogP contribution in [0.5, 0.6) is 0 Å². The van der Waals surface area contributed by atoms with Gasteiger partial charge in [-0.25, -0.2) is 4.39 Å². The summed E-state index contributed by atoms with van der Waals surface area (Å²) in [6.07, 6.45) is 2.57. The topological polar surface area (TPSA) is 67.8 Å². The van der Waals surface area contributed by atoms with Crippen LogP contribution in [0, 0.1) is 11.7 Å². The SMILES string of the molecule is CCO[C@H]1OC(C(=O)NCc2ccccc2F)=C[C@@H](c2cccs2)[C@H]1CCCO. The van der Waals surface area contributed by atoms with E-state index in [0.717, 1.165) is 4.88 Å². The van der Waals surface area contributed by atoms with Gasteiger partial charge in [-0.05, 0) is 43.4 Å². The third kappa shape index (κ3) is 5.44. The number of ether oxygens (including phenoxy) is 2. The van der Waals surface area contributed by atoms with Crippen LogP contribution in [0.25, 0.3) is 0 Å². The predicted octanol–water partition coefficient (Wildman–Crippen LogP) is 3.95. The molecule has 0 fully saturated rings. The first-order valence-corrected chi connectivity index (χ1v) is 10.7. The number of hydrogen-bond acceptors (Lipinski definition) is 5. The van der Waals surface area contributed by atoms with E-state index in [4.69, 9.17) is 9.47 Å². The normalized spacial score (nSPS) is 21.3. The van der Waals surface area contributed by atoms with Crippen LogP contribution in [0.1, 0.15) is 36.1 Å². The molecule has 1 amide bonds. The van der Waals surface area contributed by atoms with Crippen molar-refractivity contribution < 1.29 is 23.8 Å². The molecule has 156 valence electrons. The Morgan fingerprint density at radius 3 is 2.83 bits per heavy atom. The molecule has 1 aliphatic rings. The van der Waals surface area contributed by atoms with E-state index in [1.807, 2.05) is 30.5 Å². The minimum atomic E-state index is -0.585. The first kappa shape index (κ1) is 21.5. The van der Waals surface area contributed by atoms with Gasteiger partial charge in [0.2, 0.25) is 6.29 Å².